The molecule has 2 aromatic rings. The first-order chi connectivity index (χ1) is 14.2. The van der Waals surface area contributed by atoms with Crippen LogP contribution in [0.15, 0.2) is 47.4 Å². The molecule has 8 nitrogen and oxygen atoms in total. The molecule has 30 heavy (non-hydrogen) atoms. The zero-order valence-corrected chi connectivity index (χ0v) is 18.2. The van der Waals surface area contributed by atoms with Crippen LogP contribution in [-0.2, 0) is 14.9 Å². The summed E-state index contributed by atoms with van der Waals surface area (Å²) >= 11 is 6.06. The van der Waals surface area contributed by atoms with Crippen LogP contribution in [0.2, 0.25) is 5.02 Å². The van der Waals surface area contributed by atoms with Crippen LogP contribution in [0.5, 0.6) is 0 Å². The second-order valence-electron chi connectivity index (χ2n) is 6.77. The Morgan fingerprint density at radius 1 is 1.10 bits per heavy atom. The van der Waals surface area contributed by atoms with Crippen molar-refractivity contribution >= 4 is 39.1 Å². The fourth-order valence-corrected chi connectivity index (χ4v) is 4.26. The van der Waals surface area contributed by atoms with E-state index in [1.165, 1.54) is 44.5 Å². The van der Waals surface area contributed by atoms with Gasteiger partial charge in [-0.25, -0.2) is 8.42 Å². The minimum absolute atomic E-state index is 0.0141. The summed E-state index contributed by atoms with van der Waals surface area (Å²) in [5.41, 5.74) is 0.902. The largest absolute Gasteiger partial charge is 0.339 e. The molecule has 160 valence electrons. The summed E-state index contributed by atoms with van der Waals surface area (Å²) in [4.78, 5) is 32.0. The van der Waals surface area contributed by atoms with E-state index in [2.05, 4.69) is 5.32 Å². The van der Waals surface area contributed by atoms with Gasteiger partial charge >= 0.3 is 0 Å². The van der Waals surface area contributed by atoms with Crippen molar-refractivity contribution in [2.75, 3.05) is 32.6 Å². The van der Waals surface area contributed by atoms with E-state index in [0.29, 0.717) is 29.4 Å². The number of rotatable bonds is 6. The van der Waals surface area contributed by atoms with E-state index in [9.17, 15) is 18.0 Å². The molecule has 2 amide bonds. The molecule has 1 saturated heterocycles. The zero-order valence-electron chi connectivity index (χ0n) is 16.6. The highest BCUT2D eigenvalue weighted by molar-refractivity contribution is 7.89. The molecular weight excluding hydrogens is 430 g/mol. The van der Waals surface area contributed by atoms with Crippen molar-refractivity contribution in [1.82, 2.24) is 9.37 Å². The van der Waals surface area contributed by atoms with Crippen molar-refractivity contribution in [1.29, 1.82) is 0 Å². The van der Waals surface area contributed by atoms with Crippen molar-refractivity contribution < 1.29 is 22.8 Å². The Morgan fingerprint density at radius 2 is 1.73 bits per heavy atom. The third kappa shape index (κ3) is 4.65. The predicted octanol–water partition coefficient (Wildman–Crippen LogP) is 3.01. The topological polar surface area (TPSA) is 96.0 Å². The van der Waals surface area contributed by atoms with Crippen molar-refractivity contribution in [2.45, 2.75) is 17.7 Å². The molecule has 0 spiro atoms. The minimum Gasteiger partial charge on any atom is -0.339 e. The first-order valence-electron chi connectivity index (χ1n) is 9.27. The van der Waals surface area contributed by atoms with E-state index in [1.54, 1.807) is 17.0 Å². The third-order valence-electron chi connectivity index (χ3n) is 4.86. The fraction of sp³-hybridized carbons (Fsp3) is 0.300. The molecule has 0 bridgehead atoms. The van der Waals surface area contributed by atoms with E-state index < -0.39 is 15.9 Å². The highest BCUT2D eigenvalue weighted by atomic mass is 35.5. The van der Waals surface area contributed by atoms with E-state index in [1.807, 2.05) is 0 Å². The SMILES string of the molecule is CON(C)S(=O)(=O)c1ccc(C(=O)Nc2ccc(Cl)cc2C(=O)N2CCCC2)cc1. The van der Waals surface area contributed by atoms with Crippen LogP contribution in [0.4, 0.5) is 5.69 Å². The molecule has 0 unspecified atom stereocenters. The highest BCUT2D eigenvalue weighted by Crippen LogP contribution is 2.25. The molecule has 1 fully saturated rings. The Bertz CT molecular complexity index is 1050. The van der Waals surface area contributed by atoms with Crippen LogP contribution >= 0.6 is 11.6 Å². The molecule has 2 aromatic carbocycles. The molecule has 10 heteroatoms. The standard InChI is InChI=1S/C20H22ClN3O5S/c1-23(29-2)30(27,28)16-8-5-14(6-9-16)19(25)22-18-10-7-15(21)13-17(18)20(26)24-11-3-4-12-24/h5-10,13H,3-4,11-12H2,1-2H3,(H,22,25). The smallest absolute Gasteiger partial charge is 0.264 e. The number of nitrogens with one attached hydrogen (secondary N) is 1. The van der Waals surface area contributed by atoms with E-state index in [4.69, 9.17) is 16.4 Å². The molecule has 0 atom stereocenters. The Balaban J connectivity index is 1.82. The normalized spacial score (nSPS) is 14.2. The van der Waals surface area contributed by atoms with Crippen LogP contribution < -0.4 is 5.32 Å². The summed E-state index contributed by atoms with van der Waals surface area (Å²) < 4.78 is 25.2. The Hall–Kier alpha value is -2.46. The van der Waals surface area contributed by atoms with Crippen LogP contribution in [0, 0.1) is 0 Å². The molecular formula is C20H22ClN3O5S. The van der Waals surface area contributed by atoms with Crippen LogP contribution in [-0.4, -0.2) is 56.8 Å². The van der Waals surface area contributed by atoms with Gasteiger partial charge in [0.15, 0.2) is 0 Å². The maximum absolute atomic E-state index is 12.8. The van der Waals surface area contributed by atoms with Crippen LogP contribution in [0.1, 0.15) is 33.6 Å². The molecule has 0 aliphatic carbocycles. The first kappa shape index (κ1) is 22.2. The van der Waals surface area contributed by atoms with Gasteiger partial charge in [-0.1, -0.05) is 16.1 Å². The monoisotopic (exact) mass is 451 g/mol. The van der Waals surface area contributed by atoms with Gasteiger partial charge in [-0.15, -0.1) is 0 Å². The Morgan fingerprint density at radius 3 is 2.33 bits per heavy atom. The number of halogens is 1. The molecule has 0 aromatic heterocycles. The summed E-state index contributed by atoms with van der Waals surface area (Å²) in [6.07, 6.45) is 1.89. The first-order valence-corrected chi connectivity index (χ1v) is 11.1. The van der Waals surface area contributed by atoms with E-state index >= 15 is 0 Å². The lowest BCUT2D eigenvalue weighted by Gasteiger charge is -2.18. The van der Waals surface area contributed by atoms with Crippen molar-refractivity contribution in [3.8, 4) is 0 Å². The second kappa shape index (κ2) is 9.13. The second-order valence-corrected chi connectivity index (χ2v) is 9.14. The van der Waals surface area contributed by atoms with E-state index in [0.717, 1.165) is 17.3 Å². The molecule has 0 saturated carbocycles. The number of benzene rings is 2. The van der Waals surface area contributed by atoms with E-state index in [-0.39, 0.29) is 16.4 Å². The summed E-state index contributed by atoms with van der Waals surface area (Å²) in [7, 11) is -1.29. The highest BCUT2D eigenvalue weighted by Gasteiger charge is 2.24. The maximum Gasteiger partial charge on any atom is 0.264 e. The number of carbonyl (C=O) groups excluding carboxylic acids is 2. The lowest BCUT2D eigenvalue weighted by atomic mass is 10.1. The lowest BCUT2D eigenvalue weighted by Crippen LogP contribution is -2.29. The Kier molecular flexibility index (Phi) is 6.77. The molecule has 0 radical (unpaired) electrons. The van der Waals surface area contributed by atoms with Gasteiger partial charge in [-0.3, -0.25) is 14.4 Å². The number of sulfonamides is 1. The van der Waals surface area contributed by atoms with Gasteiger partial charge in [0, 0.05) is 30.7 Å². The van der Waals surface area contributed by atoms with Gasteiger partial charge < -0.3 is 10.2 Å². The zero-order chi connectivity index (χ0) is 21.9. The van der Waals surface area contributed by atoms with Crippen LogP contribution in [0.3, 0.4) is 0 Å². The number of carbonyl (C=O) groups is 2. The molecule has 1 heterocycles. The predicted molar refractivity (Wildman–Crippen MR) is 113 cm³/mol. The third-order valence-corrected chi connectivity index (χ3v) is 6.79. The number of hydrogen-bond acceptors (Lipinski definition) is 5. The number of anilines is 1. The maximum atomic E-state index is 12.8. The van der Waals surface area contributed by atoms with Crippen molar-refractivity contribution in [3.05, 3.63) is 58.6 Å². The summed E-state index contributed by atoms with van der Waals surface area (Å²) in [5, 5.41) is 3.12. The molecule has 1 aliphatic heterocycles. The van der Waals surface area contributed by atoms with Gasteiger partial charge in [0.2, 0.25) is 0 Å². The number of nitrogens with zero attached hydrogens (tertiary/aromatic N) is 2. The van der Waals surface area contributed by atoms with Gasteiger partial charge in [0.05, 0.1) is 23.3 Å². The van der Waals surface area contributed by atoms with Gasteiger partial charge in [0.25, 0.3) is 21.8 Å². The number of hydrogen-bond donors (Lipinski definition) is 1. The van der Waals surface area contributed by atoms with Gasteiger partial charge in [0.1, 0.15) is 0 Å². The van der Waals surface area contributed by atoms with Crippen molar-refractivity contribution in [2.24, 2.45) is 0 Å². The average molecular weight is 452 g/mol. The van der Waals surface area contributed by atoms with Crippen molar-refractivity contribution in [3.63, 3.8) is 0 Å². The number of amides is 2. The quantitative estimate of drug-likeness (QED) is 0.681. The van der Waals surface area contributed by atoms with Crippen LogP contribution in [0.25, 0.3) is 0 Å². The summed E-state index contributed by atoms with van der Waals surface area (Å²) in [6.45, 7) is 1.34. The Labute approximate surface area is 180 Å². The minimum atomic E-state index is -3.81. The summed E-state index contributed by atoms with van der Waals surface area (Å²) in [5.74, 6) is -0.661. The summed E-state index contributed by atoms with van der Waals surface area (Å²) in [6, 6.07) is 10.1. The lowest BCUT2D eigenvalue weighted by molar-refractivity contribution is -0.0258. The number of hydroxylamine groups is 1. The molecule has 3 rings (SSSR count). The van der Waals surface area contributed by atoms with Gasteiger partial charge in [-0.2, -0.15) is 0 Å². The number of likely N-dealkylation sites (tertiary alicyclic amines) is 1. The molecule has 1 N–H and O–H groups in total. The average Bonchev–Trinajstić information content (AvgIpc) is 3.28. The fourth-order valence-electron chi connectivity index (χ4n) is 3.11. The van der Waals surface area contributed by atoms with Gasteiger partial charge in [-0.05, 0) is 55.3 Å². The molecule has 1 aliphatic rings.